The molecule has 1 N–H and O–H groups in total. The third-order valence-corrected chi connectivity index (χ3v) is 3.06. The lowest BCUT2D eigenvalue weighted by Crippen LogP contribution is -2.30. The molecule has 0 atom stereocenters. The highest BCUT2D eigenvalue weighted by molar-refractivity contribution is 5.96. The van der Waals surface area contributed by atoms with Gasteiger partial charge in [-0.25, -0.2) is 0 Å². The highest BCUT2D eigenvalue weighted by atomic mass is 19.4. The van der Waals surface area contributed by atoms with Crippen LogP contribution in [0.3, 0.4) is 0 Å². The van der Waals surface area contributed by atoms with Gasteiger partial charge in [0.1, 0.15) is 5.69 Å². The minimum atomic E-state index is -5.14. The number of carbonyl (C=O) groups is 1. The van der Waals surface area contributed by atoms with Crippen LogP contribution in [0.15, 0.2) is 29.1 Å². The summed E-state index contributed by atoms with van der Waals surface area (Å²) in [6.07, 6.45) is -9.96. The maximum Gasteiger partial charge on any atom is 0.471 e. The Morgan fingerprint density at radius 1 is 1.09 bits per heavy atom. The third kappa shape index (κ3) is 3.30. The molecule has 2 rings (SSSR count). The number of nitrogens with zero attached hydrogens (tertiary/aromatic N) is 1. The first-order valence-electron chi connectivity index (χ1n) is 6.00. The molecule has 0 spiro atoms. The number of anilines is 1. The zero-order valence-electron chi connectivity index (χ0n) is 11.3. The van der Waals surface area contributed by atoms with Crippen LogP contribution in [0.2, 0.25) is 0 Å². The van der Waals surface area contributed by atoms with E-state index in [4.69, 9.17) is 0 Å². The summed E-state index contributed by atoms with van der Waals surface area (Å²) < 4.78 is 75.8. The second-order valence-corrected chi connectivity index (χ2v) is 4.63. The van der Waals surface area contributed by atoms with Gasteiger partial charge in [0, 0.05) is 24.2 Å². The SMILES string of the molecule is Cn1c(C(F)(F)F)cc(=O)c2ccc(NC(=O)C(F)(F)F)cc21. The fraction of sp³-hybridized carbons (Fsp3) is 0.231. The Morgan fingerprint density at radius 2 is 1.70 bits per heavy atom. The number of aryl methyl sites for hydroxylation is 1. The number of hydrogen-bond donors (Lipinski definition) is 1. The monoisotopic (exact) mass is 338 g/mol. The number of hydrogen-bond acceptors (Lipinski definition) is 2. The van der Waals surface area contributed by atoms with E-state index in [9.17, 15) is 35.9 Å². The van der Waals surface area contributed by atoms with Gasteiger partial charge in [-0.15, -0.1) is 0 Å². The Kier molecular flexibility index (Phi) is 3.87. The van der Waals surface area contributed by atoms with Gasteiger partial charge in [-0.1, -0.05) is 0 Å². The molecule has 23 heavy (non-hydrogen) atoms. The predicted molar refractivity (Wildman–Crippen MR) is 68.9 cm³/mol. The lowest BCUT2D eigenvalue weighted by Gasteiger charge is -2.15. The van der Waals surface area contributed by atoms with Crippen molar-refractivity contribution in [3.05, 3.63) is 40.2 Å². The van der Waals surface area contributed by atoms with Gasteiger partial charge >= 0.3 is 18.3 Å². The summed E-state index contributed by atoms with van der Waals surface area (Å²) in [5.41, 5.74) is -2.83. The zero-order chi connectivity index (χ0) is 17.6. The molecular formula is C13H8F6N2O2. The average Bonchev–Trinajstić information content (AvgIpc) is 2.40. The van der Waals surface area contributed by atoms with Crippen molar-refractivity contribution in [2.45, 2.75) is 12.4 Å². The van der Waals surface area contributed by atoms with E-state index >= 15 is 0 Å². The topological polar surface area (TPSA) is 51.1 Å². The molecule has 1 heterocycles. The Bertz CT molecular complexity index is 835. The molecule has 4 nitrogen and oxygen atoms in total. The van der Waals surface area contributed by atoms with Crippen molar-refractivity contribution in [3.8, 4) is 0 Å². The number of halogens is 6. The highest BCUT2D eigenvalue weighted by Crippen LogP contribution is 2.30. The Balaban J connectivity index is 2.61. The molecule has 1 aromatic carbocycles. The Labute approximate surface area is 124 Å². The number of benzene rings is 1. The van der Waals surface area contributed by atoms with Crippen molar-refractivity contribution in [2.24, 2.45) is 7.05 Å². The first kappa shape index (κ1) is 16.8. The number of fused-ring (bicyclic) bond motifs is 1. The van der Waals surface area contributed by atoms with Gasteiger partial charge in [-0.2, -0.15) is 26.3 Å². The van der Waals surface area contributed by atoms with Gasteiger partial charge in [-0.3, -0.25) is 9.59 Å². The molecule has 0 unspecified atom stereocenters. The molecule has 1 aromatic heterocycles. The standard InChI is InChI=1S/C13H8F6N2O2/c1-21-8-4-6(20-11(23)13(17,18)19)2-3-7(8)9(22)5-10(21)12(14,15)16/h2-5H,1H3,(H,20,23). The summed E-state index contributed by atoms with van der Waals surface area (Å²) in [6, 6.07) is 3.32. The molecule has 0 radical (unpaired) electrons. The maximum atomic E-state index is 12.8. The van der Waals surface area contributed by atoms with Gasteiger partial charge in [-0.05, 0) is 18.2 Å². The Morgan fingerprint density at radius 3 is 2.22 bits per heavy atom. The molecular weight excluding hydrogens is 330 g/mol. The number of rotatable bonds is 1. The van der Waals surface area contributed by atoms with E-state index in [2.05, 4.69) is 0 Å². The molecule has 0 aliphatic carbocycles. The third-order valence-electron chi connectivity index (χ3n) is 3.06. The Hall–Kier alpha value is -2.52. The second-order valence-electron chi connectivity index (χ2n) is 4.63. The first-order chi connectivity index (χ1) is 10.4. The average molecular weight is 338 g/mol. The predicted octanol–water partition coefficient (Wildman–Crippen LogP) is 3.06. The minimum absolute atomic E-state index is 0.120. The van der Waals surface area contributed by atoms with E-state index in [-0.39, 0.29) is 16.6 Å². The van der Waals surface area contributed by atoms with Crippen molar-refractivity contribution < 1.29 is 31.1 Å². The van der Waals surface area contributed by atoms with Crippen LogP contribution in [-0.4, -0.2) is 16.7 Å². The highest BCUT2D eigenvalue weighted by Gasteiger charge is 2.39. The molecule has 0 saturated heterocycles. The number of alkyl halides is 6. The van der Waals surface area contributed by atoms with Crippen LogP contribution in [-0.2, 0) is 18.0 Å². The van der Waals surface area contributed by atoms with Crippen molar-refractivity contribution in [1.82, 2.24) is 4.57 Å². The van der Waals surface area contributed by atoms with Gasteiger partial charge in [0.25, 0.3) is 0 Å². The quantitative estimate of drug-likeness (QED) is 0.813. The number of pyridine rings is 1. The van der Waals surface area contributed by atoms with Crippen molar-refractivity contribution in [2.75, 3.05) is 5.32 Å². The van der Waals surface area contributed by atoms with E-state index in [1.807, 2.05) is 0 Å². The largest absolute Gasteiger partial charge is 0.471 e. The molecule has 124 valence electrons. The molecule has 1 amide bonds. The lowest BCUT2D eigenvalue weighted by molar-refractivity contribution is -0.167. The van der Waals surface area contributed by atoms with Crippen molar-refractivity contribution >= 4 is 22.5 Å². The van der Waals surface area contributed by atoms with E-state index in [0.717, 1.165) is 25.2 Å². The zero-order valence-corrected chi connectivity index (χ0v) is 11.3. The second kappa shape index (κ2) is 5.28. The van der Waals surface area contributed by atoms with Gasteiger partial charge in [0.2, 0.25) is 0 Å². The van der Waals surface area contributed by atoms with Crippen LogP contribution in [0, 0.1) is 0 Å². The van der Waals surface area contributed by atoms with E-state index < -0.39 is 29.4 Å². The fourth-order valence-corrected chi connectivity index (χ4v) is 2.00. The van der Waals surface area contributed by atoms with E-state index in [0.29, 0.717) is 10.6 Å². The van der Waals surface area contributed by atoms with Crippen LogP contribution in [0.4, 0.5) is 32.0 Å². The summed E-state index contributed by atoms with van der Waals surface area (Å²) in [6.45, 7) is 0. The van der Waals surface area contributed by atoms with Crippen LogP contribution in [0.5, 0.6) is 0 Å². The summed E-state index contributed by atoms with van der Waals surface area (Å²) in [4.78, 5) is 22.6. The molecule has 0 fully saturated rings. The molecule has 10 heteroatoms. The number of amides is 1. The summed E-state index contributed by atoms with van der Waals surface area (Å²) in [5.74, 6) is -2.27. The smallest absolute Gasteiger partial charge is 0.340 e. The summed E-state index contributed by atoms with van der Waals surface area (Å²) in [7, 11) is 1.01. The van der Waals surface area contributed by atoms with Gasteiger partial charge < -0.3 is 9.88 Å². The number of carbonyl (C=O) groups excluding carboxylic acids is 1. The number of aromatic nitrogens is 1. The minimum Gasteiger partial charge on any atom is -0.340 e. The summed E-state index contributed by atoms with van der Waals surface area (Å²) >= 11 is 0. The van der Waals surface area contributed by atoms with Crippen molar-refractivity contribution in [3.63, 3.8) is 0 Å². The molecule has 0 bridgehead atoms. The maximum absolute atomic E-state index is 12.8. The molecule has 2 aromatic rings. The lowest BCUT2D eigenvalue weighted by atomic mass is 10.1. The first-order valence-corrected chi connectivity index (χ1v) is 6.00. The molecule has 0 aliphatic heterocycles. The van der Waals surface area contributed by atoms with Crippen LogP contribution >= 0.6 is 0 Å². The van der Waals surface area contributed by atoms with Gasteiger partial charge in [0.05, 0.1) is 5.52 Å². The van der Waals surface area contributed by atoms with Crippen LogP contribution in [0.1, 0.15) is 5.69 Å². The molecule has 0 saturated carbocycles. The molecule has 0 aliphatic rings. The number of nitrogens with one attached hydrogen (secondary N) is 1. The van der Waals surface area contributed by atoms with Crippen LogP contribution < -0.4 is 10.7 Å². The van der Waals surface area contributed by atoms with Gasteiger partial charge in [0.15, 0.2) is 5.43 Å². The van der Waals surface area contributed by atoms with Crippen LogP contribution in [0.25, 0.3) is 10.9 Å². The fourth-order valence-electron chi connectivity index (χ4n) is 2.00. The van der Waals surface area contributed by atoms with E-state index in [1.54, 1.807) is 0 Å². The normalized spacial score (nSPS) is 12.5. The van der Waals surface area contributed by atoms with Crippen molar-refractivity contribution in [1.29, 1.82) is 0 Å². The van der Waals surface area contributed by atoms with E-state index in [1.165, 1.54) is 5.32 Å². The summed E-state index contributed by atoms with van der Waals surface area (Å²) in [5, 5.41) is 1.40.